The van der Waals surface area contributed by atoms with Gasteiger partial charge in [-0.15, -0.1) is 0 Å². The molecule has 0 aromatic heterocycles. The lowest BCUT2D eigenvalue weighted by molar-refractivity contribution is -0.140. The number of Topliss-reactive ketones (excluding diaryl/α,β-unsaturated/α-hetero) is 1. The molecule has 10 heteroatoms. The molecule has 1 saturated heterocycles. The second-order valence-electron chi connectivity index (χ2n) is 7.93. The number of hydrogen-bond donors (Lipinski definition) is 1. The zero-order chi connectivity index (χ0) is 25.0. The van der Waals surface area contributed by atoms with Gasteiger partial charge in [0.15, 0.2) is 0 Å². The normalized spacial score (nSPS) is 18.0. The second kappa shape index (κ2) is 10.4. The molecule has 1 fully saturated rings. The topological polar surface area (TPSA) is 113 Å². The maximum Gasteiger partial charge on any atom is 0.295 e. The maximum absolute atomic E-state index is 13.0. The molecule has 182 valence electrons. The van der Waals surface area contributed by atoms with E-state index in [0.717, 1.165) is 4.31 Å². The molecular formula is C24H28N2O7S. The number of rotatable bonds is 9. The van der Waals surface area contributed by atoms with Gasteiger partial charge in [0, 0.05) is 39.9 Å². The van der Waals surface area contributed by atoms with Gasteiger partial charge < -0.3 is 19.5 Å². The van der Waals surface area contributed by atoms with Crippen LogP contribution in [0.5, 0.6) is 5.75 Å². The number of amides is 1. The minimum Gasteiger partial charge on any atom is -0.507 e. The molecule has 34 heavy (non-hydrogen) atoms. The zero-order valence-electron chi connectivity index (χ0n) is 19.5. The van der Waals surface area contributed by atoms with Gasteiger partial charge in [-0.05, 0) is 48.4 Å². The first-order valence-corrected chi connectivity index (χ1v) is 12.0. The van der Waals surface area contributed by atoms with E-state index < -0.39 is 27.8 Å². The minimum atomic E-state index is -3.66. The summed E-state index contributed by atoms with van der Waals surface area (Å²) < 4.78 is 36.2. The molecule has 0 spiro atoms. The van der Waals surface area contributed by atoms with Gasteiger partial charge in [-0.2, -0.15) is 0 Å². The monoisotopic (exact) mass is 488 g/mol. The number of nitrogens with zero attached hydrogens (tertiary/aromatic N) is 2. The summed E-state index contributed by atoms with van der Waals surface area (Å²) in [5.74, 6) is -1.38. The SMILES string of the molecule is COCCCN1C(=O)C(=O)/C(=C(/O)c2ccc(S(=O)(=O)N(C)C)cc2)[C@@H]1c1cccc(OC)c1. The standard InChI is InChI=1S/C24H28N2O7S/c1-25(2)34(30,31)19-11-9-16(10-12-19)22(27)20-21(17-7-5-8-18(15-17)33-4)26(13-6-14-32-3)24(29)23(20)28/h5,7-12,15,21,27H,6,13-14H2,1-4H3/b22-20+/t21-/m0/s1. The van der Waals surface area contributed by atoms with Crippen molar-refractivity contribution in [3.8, 4) is 5.75 Å². The highest BCUT2D eigenvalue weighted by Gasteiger charge is 2.45. The van der Waals surface area contributed by atoms with Crippen molar-refractivity contribution in [1.82, 2.24) is 9.21 Å². The van der Waals surface area contributed by atoms with Crippen molar-refractivity contribution >= 4 is 27.5 Å². The van der Waals surface area contributed by atoms with Crippen molar-refractivity contribution in [2.24, 2.45) is 0 Å². The number of hydrogen-bond acceptors (Lipinski definition) is 7. The summed E-state index contributed by atoms with van der Waals surface area (Å²) in [5.41, 5.74) is 0.753. The Balaban J connectivity index is 2.11. The van der Waals surface area contributed by atoms with Gasteiger partial charge >= 0.3 is 0 Å². The van der Waals surface area contributed by atoms with Crippen LogP contribution in [-0.2, 0) is 24.3 Å². The third-order valence-electron chi connectivity index (χ3n) is 5.60. The Hall–Kier alpha value is -3.21. The van der Waals surface area contributed by atoms with E-state index in [0.29, 0.717) is 24.3 Å². The summed E-state index contributed by atoms with van der Waals surface area (Å²) >= 11 is 0. The smallest absolute Gasteiger partial charge is 0.295 e. The summed E-state index contributed by atoms with van der Waals surface area (Å²) in [5, 5.41) is 11.1. The minimum absolute atomic E-state index is 0.0402. The molecule has 2 aromatic rings. The van der Waals surface area contributed by atoms with Crippen LogP contribution >= 0.6 is 0 Å². The Morgan fingerprint density at radius 3 is 2.35 bits per heavy atom. The van der Waals surface area contributed by atoms with Crippen LogP contribution in [-0.4, -0.2) is 75.9 Å². The van der Waals surface area contributed by atoms with Crippen molar-refractivity contribution in [3.05, 3.63) is 65.2 Å². The Kier molecular flexibility index (Phi) is 7.75. The van der Waals surface area contributed by atoms with Gasteiger partial charge in [0.05, 0.1) is 23.6 Å². The van der Waals surface area contributed by atoms with Crippen molar-refractivity contribution < 1.29 is 32.6 Å². The molecule has 3 rings (SSSR count). The van der Waals surface area contributed by atoms with Crippen molar-refractivity contribution in [2.75, 3.05) is 41.5 Å². The van der Waals surface area contributed by atoms with Gasteiger partial charge in [-0.3, -0.25) is 9.59 Å². The van der Waals surface area contributed by atoms with Gasteiger partial charge in [-0.25, -0.2) is 12.7 Å². The van der Waals surface area contributed by atoms with Crippen LogP contribution in [0.1, 0.15) is 23.6 Å². The Morgan fingerprint density at radius 2 is 1.76 bits per heavy atom. The summed E-state index contributed by atoms with van der Waals surface area (Å²) in [4.78, 5) is 27.4. The number of ketones is 1. The van der Waals surface area contributed by atoms with Gasteiger partial charge in [0.1, 0.15) is 11.5 Å². The van der Waals surface area contributed by atoms with Crippen molar-refractivity contribution in [3.63, 3.8) is 0 Å². The number of methoxy groups -OCH3 is 2. The highest BCUT2D eigenvalue weighted by Crippen LogP contribution is 2.40. The molecule has 1 N–H and O–H groups in total. The molecule has 1 amide bonds. The molecule has 9 nitrogen and oxygen atoms in total. The van der Waals surface area contributed by atoms with Crippen LogP contribution in [0.15, 0.2) is 59.0 Å². The van der Waals surface area contributed by atoms with E-state index >= 15 is 0 Å². The quantitative estimate of drug-likeness (QED) is 0.250. The largest absolute Gasteiger partial charge is 0.507 e. The van der Waals surface area contributed by atoms with E-state index in [2.05, 4.69) is 0 Å². The zero-order valence-corrected chi connectivity index (χ0v) is 20.3. The van der Waals surface area contributed by atoms with E-state index in [1.165, 1.54) is 50.4 Å². The second-order valence-corrected chi connectivity index (χ2v) is 10.1. The molecule has 1 aliphatic rings. The highest BCUT2D eigenvalue weighted by molar-refractivity contribution is 7.89. The lowest BCUT2D eigenvalue weighted by Crippen LogP contribution is -2.31. The van der Waals surface area contributed by atoms with Crippen LogP contribution in [0.25, 0.3) is 5.76 Å². The lowest BCUT2D eigenvalue weighted by atomic mass is 9.95. The molecule has 0 bridgehead atoms. The van der Waals surface area contributed by atoms with Crippen LogP contribution in [0.3, 0.4) is 0 Å². The number of ether oxygens (including phenoxy) is 2. The van der Waals surface area contributed by atoms with Crippen LogP contribution < -0.4 is 4.74 Å². The van der Waals surface area contributed by atoms with Gasteiger partial charge in [0.2, 0.25) is 10.0 Å². The van der Waals surface area contributed by atoms with Crippen molar-refractivity contribution in [1.29, 1.82) is 0 Å². The van der Waals surface area contributed by atoms with E-state index in [1.807, 2.05) is 0 Å². The molecule has 0 aliphatic carbocycles. The molecule has 0 saturated carbocycles. The molecule has 0 radical (unpaired) electrons. The average Bonchev–Trinajstić information content (AvgIpc) is 3.08. The number of carbonyl (C=O) groups excluding carboxylic acids is 2. The predicted octanol–water partition coefficient (Wildman–Crippen LogP) is 2.40. The fourth-order valence-corrected chi connectivity index (χ4v) is 4.70. The number of aliphatic hydroxyl groups is 1. The summed E-state index contributed by atoms with van der Waals surface area (Å²) in [6.07, 6.45) is 0.501. The van der Waals surface area contributed by atoms with Crippen LogP contribution in [0.4, 0.5) is 0 Å². The number of sulfonamides is 1. The van der Waals surface area contributed by atoms with E-state index in [4.69, 9.17) is 9.47 Å². The first-order valence-electron chi connectivity index (χ1n) is 10.6. The average molecular weight is 489 g/mol. The number of benzene rings is 2. The van der Waals surface area contributed by atoms with Crippen molar-refractivity contribution in [2.45, 2.75) is 17.4 Å². The van der Waals surface area contributed by atoms with Crippen LogP contribution in [0.2, 0.25) is 0 Å². The summed E-state index contributed by atoms with van der Waals surface area (Å²) in [7, 11) is 2.24. The molecule has 1 heterocycles. The fourth-order valence-electron chi connectivity index (χ4n) is 3.80. The highest BCUT2D eigenvalue weighted by atomic mass is 32.2. The van der Waals surface area contributed by atoms with E-state index in [1.54, 1.807) is 31.4 Å². The molecule has 1 atom stereocenters. The first-order chi connectivity index (χ1) is 16.1. The lowest BCUT2D eigenvalue weighted by Gasteiger charge is -2.25. The summed E-state index contributed by atoms with van der Waals surface area (Å²) in [6.45, 7) is 0.646. The fraction of sp³-hybridized carbons (Fsp3) is 0.333. The number of likely N-dealkylation sites (tertiary alicyclic amines) is 1. The number of carbonyl (C=O) groups is 2. The summed E-state index contributed by atoms with van der Waals surface area (Å²) in [6, 6.07) is 11.6. The first kappa shape index (κ1) is 25.4. The van der Waals surface area contributed by atoms with E-state index in [9.17, 15) is 23.1 Å². The van der Waals surface area contributed by atoms with Gasteiger partial charge in [0.25, 0.3) is 11.7 Å². The van der Waals surface area contributed by atoms with Crippen LogP contribution in [0, 0.1) is 0 Å². The van der Waals surface area contributed by atoms with E-state index in [-0.39, 0.29) is 28.3 Å². The molecular weight excluding hydrogens is 460 g/mol. The van der Waals surface area contributed by atoms with Gasteiger partial charge in [-0.1, -0.05) is 12.1 Å². The Morgan fingerprint density at radius 1 is 1.09 bits per heavy atom. The third-order valence-corrected chi connectivity index (χ3v) is 7.43. The molecule has 1 aliphatic heterocycles. The molecule has 0 unspecified atom stereocenters. The molecule has 2 aromatic carbocycles. The third kappa shape index (κ3) is 4.84. The predicted molar refractivity (Wildman–Crippen MR) is 126 cm³/mol. The maximum atomic E-state index is 13.0. The Labute approximate surface area is 199 Å². The number of aliphatic hydroxyl groups excluding tert-OH is 1. The Bertz CT molecular complexity index is 1200.